The Balaban J connectivity index is 1.91. The molecule has 0 radical (unpaired) electrons. The lowest BCUT2D eigenvalue weighted by molar-refractivity contribution is 0.0934. The van der Waals surface area contributed by atoms with Crippen LogP contribution in [0, 0.1) is 0 Å². The number of hydrogen-bond acceptors (Lipinski definition) is 4. The first kappa shape index (κ1) is 16.2. The van der Waals surface area contributed by atoms with Crippen molar-refractivity contribution in [2.24, 2.45) is 0 Å². The van der Waals surface area contributed by atoms with Gasteiger partial charge in [-0.1, -0.05) is 30.7 Å². The van der Waals surface area contributed by atoms with E-state index in [0.29, 0.717) is 23.1 Å². The molecule has 0 fully saturated rings. The van der Waals surface area contributed by atoms with Crippen molar-refractivity contribution in [1.29, 1.82) is 0 Å². The topological polar surface area (TPSA) is 66.9 Å². The molecule has 2 aromatic rings. The highest BCUT2D eigenvalue weighted by Crippen LogP contribution is 2.11. The monoisotopic (exact) mass is 318 g/mol. The van der Waals surface area contributed by atoms with Gasteiger partial charge in [-0.2, -0.15) is 0 Å². The molecule has 0 bridgehead atoms. The summed E-state index contributed by atoms with van der Waals surface area (Å²) in [5.41, 5.74) is 1.40. The number of benzene rings is 1. The maximum Gasteiger partial charge on any atom is 0.271 e. The van der Waals surface area contributed by atoms with Crippen LogP contribution in [0.2, 0.25) is 5.02 Å². The largest absolute Gasteiger partial charge is 0.365 e. The minimum absolute atomic E-state index is 0.122. The number of carbonyl (C=O) groups is 1. The molecule has 0 saturated heterocycles. The zero-order valence-electron chi connectivity index (χ0n) is 12.6. The van der Waals surface area contributed by atoms with E-state index in [1.807, 2.05) is 38.1 Å². The average molecular weight is 319 g/mol. The van der Waals surface area contributed by atoms with E-state index < -0.39 is 0 Å². The number of carbonyl (C=O) groups excluding carboxylic acids is 1. The fraction of sp³-hybridized carbons (Fsp3) is 0.312. The first-order valence-corrected chi connectivity index (χ1v) is 7.57. The van der Waals surface area contributed by atoms with Gasteiger partial charge in [0, 0.05) is 17.6 Å². The number of anilines is 1. The molecule has 5 nitrogen and oxygen atoms in total. The second kappa shape index (κ2) is 7.75. The number of nitrogens with zero attached hydrogens (tertiary/aromatic N) is 2. The molecular weight excluding hydrogens is 300 g/mol. The van der Waals surface area contributed by atoms with E-state index in [0.717, 1.165) is 12.0 Å². The standard InChI is InChI=1S/C16H19ClN4O/c1-3-11(2)21-16(22)14-9-20-15(10-18-14)19-8-12-4-6-13(17)7-5-12/h4-7,9-11H,3,8H2,1-2H3,(H,19,20)(H,21,22). The van der Waals surface area contributed by atoms with E-state index >= 15 is 0 Å². The van der Waals surface area contributed by atoms with Crippen molar-refractivity contribution in [3.63, 3.8) is 0 Å². The minimum atomic E-state index is -0.203. The SMILES string of the molecule is CCC(C)NC(=O)c1cnc(NCc2ccc(Cl)cc2)cn1. The van der Waals surface area contributed by atoms with E-state index in [-0.39, 0.29) is 11.9 Å². The summed E-state index contributed by atoms with van der Waals surface area (Å²) in [5, 5.41) is 6.71. The molecule has 22 heavy (non-hydrogen) atoms. The summed E-state index contributed by atoms with van der Waals surface area (Å²) in [5.74, 6) is 0.418. The van der Waals surface area contributed by atoms with E-state index in [1.54, 1.807) is 6.20 Å². The van der Waals surface area contributed by atoms with Crippen molar-refractivity contribution in [2.45, 2.75) is 32.9 Å². The maximum atomic E-state index is 11.9. The fourth-order valence-electron chi connectivity index (χ4n) is 1.73. The minimum Gasteiger partial charge on any atom is -0.365 e. The fourth-order valence-corrected chi connectivity index (χ4v) is 1.86. The molecule has 0 aliphatic rings. The third-order valence-electron chi connectivity index (χ3n) is 3.26. The molecule has 1 unspecified atom stereocenters. The van der Waals surface area contributed by atoms with Gasteiger partial charge in [0.05, 0.1) is 12.4 Å². The average Bonchev–Trinajstić information content (AvgIpc) is 2.54. The van der Waals surface area contributed by atoms with Gasteiger partial charge in [-0.3, -0.25) is 4.79 Å². The zero-order valence-corrected chi connectivity index (χ0v) is 13.4. The predicted molar refractivity (Wildman–Crippen MR) is 88.0 cm³/mol. The summed E-state index contributed by atoms with van der Waals surface area (Å²) >= 11 is 5.84. The Kier molecular flexibility index (Phi) is 5.72. The van der Waals surface area contributed by atoms with Gasteiger partial charge in [0.2, 0.25) is 0 Å². The molecule has 0 spiro atoms. The highest BCUT2D eigenvalue weighted by molar-refractivity contribution is 6.30. The Morgan fingerprint density at radius 3 is 2.55 bits per heavy atom. The van der Waals surface area contributed by atoms with Gasteiger partial charge < -0.3 is 10.6 Å². The Morgan fingerprint density at radius 2 is 1.95 bits per heavy atom. The summed E-state index contributed by atoms with van der Waals surface area (Å²) in [6.07, 6.45) is 3.91. The lowest BCUT2D eigenvalue weighted by Crippen LogP contribution is -2.32. The van der Waals surface area contributed by atoms with E-state index in [4.69, 9.17) is 11.6 Å². The molecule has 1 aromatic heterocycles. The quantitative estimate of drug-likeness (QED) is 0.858. The first-order valence-electron chi connectivity index (χ1n) is 7.19. The second-order valence-corrected chi connectivity index (χ2v) is 5.49. The maximum absolute atomic E-state index is 11.9. The normalized spacial score (nSPS) is 11.8. The van der Waals surface area contributed by atoms with Crippen LogP contribution >= 0.6 is 11.6 Å². The summed E-state index contributed by atoms with van der Waals surface area (Å²) < 4.78 is 0. The highest BCUT2D eigenvalue weighted by atomic mass is 35.5. The molecule has 1 amide bonds. The van der Waals surface area contributed by atoms with E-state index in [1.165, 1.54) is 6.20 Å². The number of hydrogen-bond donors (Lipinski definition) is 2. The number of rotatable bonds is 6. The van der Waals surface area contributed by atoms with Gasteiger partial charge in [0.1, 0.15) is 11.5 Å². The Bertz CT molecular complexity index is 613. The Morgan fingerprint density at radius 1 is 1.23 bits per heavy atom. The molecule has 1 atom stereocenters. The van der Waals surface area contributed by atoms with Crippen LogP contribution in [0.5, 0.6) is 0 Å². The molecule has 1 aromatic carbocycles. The van der Waals surface area contributed by atoms with Gasteiger partial charge in [0.15, 0.2) is 0 Å². The van der Waals surface area contributed by atoms with E-state index in [9.17, 15) is 4.79 Å². The van der Waals surface area contributed by atoms with Crippen LogP contribution in [0.15, 0.2) is 36.7 Å². The number of nitrogens with one attached hydrogen (secondary N) is 2. The molecule has 1 heterocycles. The van der Waals surface area contributed by atoms with Crippen molar-refractivity contribution in [3.05, 3.63) is 52.9 Å². The van der Waals surface area contributed by atoms with Crippen LogP contribution in [0.4, 0.5) is 5.82 Å². The van der Waals surface area contributed by atoms with E-state index in [2.05, 4.69) is 20.6 Å². The number of amides is 1. The zero-order chi connectivity index (χ0) is 15.9. The van der Waals surface area contributed by atoms with Crippen molar-refractivity contribution < 1.29 is 4.79 Å². The van der Waals surface area contributed by atoms with Crippen LogP contribution in [0.25, 0.3) is 0 Å². The van der Waals surface area contributed by atoms with Gasteiger partial charge in [-0.05, 0) is 31.0 Å². The summed E-state index contributed by atoms with van der Waals surface area (Å²) in [7, 11) is 0. The molecule has 0 aliphatic carbocycles. The summed E-state index contributed by atoms with van der Waals surface area (Å²) in [6.45, 7) is 4.58. The van der Waals surface area contributed by atoms with Crippen LogP contribution in [0.1, 0.15) is 36.3 Å². The van der Waals surface area contributed by atoms with Gasteiger partial charge >= 0.3 is 0 Å². The molecule has 116 valence electrons. The van der Waals surface area contributed by atoms with Gasteiger partial charge in [-0.15, -0.1) is 0 Å². The van der Waals surface area contributed by atoms with Gasteiger partial charge in [-0.25, -0.2) is 9.97 Å². The molecule has 2 rings (SSSR count). The number of halogens is 1. The van der Waals surface area contributed by atoms with Crippen LogP contribution in [0.3, 0.4) is 0 Å². The lowest BCUT2D eigenvalue weighted by atomic mass is 10.2. The number of aromatic nitrogens is 2. The first-order chi connectivity index (χ1) is 10.6. The highest BCUT2D eigenvalue weighted by Gasteiger charge is 2.10. The third-order valence-corrected chi connectivity index (χ3v) is 3.51. The smallest absolute Gasteiger partial charge is 0.271 e. The molecule has 0 aliphatic heterocycles. The van der Waals surface area contributed by atoms with Crippen molar-refractivity contribution in [2.75, 3.05) is 5.32 Å². The molecule has 2 N–H and O–H groups in total. The summed E-state index contributed by atoms with van der Waals surface area (Å²) in [4.78, 5) is 20.2. The predicted octanol–water partition coefficient (Wildman–Crippen LogP) is 3.27. The molecular formula is C16H19ClN4O. The Hall–Kier alpha value is -2.14. The second-order valence-electron chi connectivity index (χ2n) is 5.05. The summed E-state index contributed by atoms with van der Waals surface area (Å²) in [6, 6.07) is 7.68. The van der Waals surface area contributed by atoms with Crippen molar-refractivity contribution in [1.82, 2.24) is 15.3 Å². The van der Waals surface area contributed by atoms with Crippen molar-refractivity contribution in [3.8, 4) is 0 Å². The lowest BCUT2D eigenvalue weighted by Gasteiger charge is -2.11. The molecule has 0 saturated carbocycles. The van der Waals surface area contributed by atoms with Crippen LogP contribution in [-0.4, -0.2) is 21.9 Å². The molecule has 6 heteroatoms. The van der Waals surface area contributed by atoms with Crippen LogP contribution < -0.4 is 10.6 Å². The third kappa shape index (κ3) is 4.70. The van der Waals surface area contributed by atoms with Crippen LogP contribution in [-0.2, 0) is 6.54 Å². The van der Waals surface area contributed by atoms with Crippen molar-refractivity contribution >= 4 is 23.3 Å². The Labute approximate surface area is 135 Å². The van der Waals surface area contributed by atoms with Gasteiger partial charge in [0.25, 0.3) is 5.91 Å².